The van der Waals surface area contributed by atoms with Crippen molar-refractivity contribution in [2.45, 2.75) is 18.3 Å². The van der Waals surface area contributed by atoms with Crippen LogP contribution < -0.4 is 5.32 Å². The maximum absolute atomic E-state index is 13.1. The normalized spacial score (nSPS) is 19.0. The maximum atomic E-state index is 13.1. The summed E-state index contributed by atoms with van der Waals surface area (Å²) in [6.07, 6.45) is 1.50. The molecule has 27 heavy (non-hydrogen) atoms. The molecule has 2 atom stereocenters. The van der Waals surface area contributed by atoms with Crippen molar-refractivity contribution >= 4 is 35.2 Å². The highest BCUT2D eigenvalue weighted by Gasteiger charge is 2.43. The smallest absolute Gasteiger partial charge is 0.330 e. The van der Waals surface area contributed by atoms with Crippen molar-refractivity contribution in [2.75, 3.05) is 17.7 Å². The minimum atomic E-state index is -0.815. The van der Waals surface area contributed by atoms with E-state index in [4.69, 9.17) is 9.15 Å². The molecule has 1 aliphatic rings. The van der Waals surface area contributed by atoms with Gasteiger partial charge in [-0.15, -0.1) is 11.8 Å². The first-order valence-electron chi connectivity index (χ1n) is 8.11. The zero-order valence-electron chi connectivity index (χ0n) is 14.4. The zero-order chi connectivity index (χ0) is 19.4. The van der Waals surface area contributed by atoms with Gasteiger partial charge in [-0.05, 0) is 30.3 Å². The maximum Gasteiger partial charge on any atom is 0.330 e. The molecule has 1 N–H and O–H groups in total. The molecular formula is C18H17FN2O5S. The van der Waals surface area contributed by atoms with Crippen LogP contribution in [-0.2, 0) is 19.1 Å². The van der Waals surface area contributed by atoms with Gasteiger partial charge in [0.1, 0.15) is 23.0 Å². The Balaban J connectivity index is 1.58. The Bertz CT molecular complexity index is 842. The van der Waals surface area contributed by atoms with Crippen LogP contribution in [0.5, 0.6) is 0 Å². The molecule has 0 aliphatic carbocycles. The molecule has 1 aromatic carbocycles. The fraction of sp³-hybridized carbons (Fsp3) is 0.278. The van der Waals surface area contributed by atoms with E-state index in [0.717, 1.165) is 6.07 Å². The molecule has 2 aromatic rings. The van der Waals surface area contributed by atoms with E-state index in [9.17, 15) is 18.8 Å². The molecule has 2 amide bonds. The van der Waals surface area contributed by atoms with Crippen LogP contribution in [0.25, 0.3) is 0 Å². The topological polar surface area (TPSA) is 88.8 Å². The first-order valence-corrected chi connectivity index (χ1v) is 9.16. The van der Waals surface area contributed by atoms with Crippen LogP contribution in [0.4, 0.5) is 10.1 Å². The number of hydrogen-bond donors (Lipinski definition) is 1. The van der Waals surface area contributed by atoms with Crippen LogP contribution in [0.3, 0.4) is 0 Å². The summed E-state index contributed by atoms with van der Waals surface area (Å²) in [6, 6.07) is 7.99. The molecule has 1 fully saturated rings. The van der Waals surface area contributed by atoms with Crippen LogP contribution >= 0.6 is 11.8 Å². The van der Waals surface area contributed by atoms with Crippen molar-refractivity contribution in [1.29, 1.82) is 0 Å². The predicted octanol–water partition coefficient (Wildman–Crippen LogP) is 2.56. The van der Waals surface area contributed by atoms with E-state index in [1.165, 1.54) is 48.0 Å². The number of halogens is 1. The second-order valence-corrected chi connectivity index (χ2v) is 6.92. The number of carbonyl (C=O) groups is 3. The SMILES string of the molecule is CC(=O)N1[C@@H](C(=O)OCC(=O)Nc2cccc(F)c2)CS[C@H]1c1ccco1. The lowest BCUT2D eigenvalue weighted by Crippen LogP contribution is -2.43. The highest BCUT2D eigenvalue weighted by Crippen LogP contribution is 2.41. The van der Waals surface area contributed by atoms with Gasteiger partial charge in [0.15, 0.2) is 6.61 Å². The largest absolute Gasteiger partial charge is 0.466 e. The predicted molar refractivity (Wildman–Crippen MR) is 96.2 cm³/mol. The summed E-state index contributed by atoms with van der Waals surface area (Å²) in [5.41, 5.74) is 0.260. The average molecular weight is 392 g/mol. The number of hydrogen-bond acceptors (Lipinski definition) is 6. The van der Waals surface area contributed by atoms with E-state index in [0.29, 0.717) is 11.5 Å². The molecule has 1 saturated heterocycles. The first kappa shape index (κ1) is 19.0. The average Bonchev–Trinajstić information content (AvgIpc) is 3.28. The summed E-state index contributed by atoms with van der Waals surface area (Å²) < 4.78 is 23.5. The molecule has 0 spiro atoms. The van der Waals surface area contributed by atoms with Crippen LogP contribution in [-0.4, -0.2) is 41.1 Å². The molecule has 0 radical (unpaired) electrons. The Morgan fingerprint density at radius 3 is 2.81 bits per heavy atom. The third-order valence-electron chi connectivity index (χ3n) is 3.88. The van der Waals surface area contributed by atoms with Crippen molar-refractivity contribution in [3.63, 3.8) is 0 Å². The Hall–Kier alpha value is -2.81. The van der Waals surface area contributed by atoms with E-state index in [-0.39, 0.29) is 11.6 Å². The van der Waals surface area contributed by atoms with Gasteiger partial charge in [0.05, 0.1) is 6.26 Å². The van der Waals surface area contributed by atoms with Crippen LogP contribution in [0, 0.1) is 5.82 Å². The number of benzene rings is 1. The monoisotopic (exact) mass is 392 g/mol. The van der Waals surface area contributed by atoms with Crippen LogP contribution in [0.1, 0.15) is 18.1 Å². The van der Waals surface area contributed by atoms with E-state index in [1.54, 1.807) is 12.1 Å². The molecule has 1 aliphatic heterocycles. The number of furan rings is 1. The van der Waals surface area contributed by atoms with Gasteiger partial charge in [-0.1, -0.05) is 6.07 Å². The van der Waals surface area contributed by atoms with Gasteiger partial charge in [-0.3, -0.25) is 9.59 Å². The van der Waals surface area contributed by atoms with Gasteiger partial charge in [0.25, 0.3) is 5.91 Å². The molecule has 7 nitrogen and oxygen atoms in total. The summed E-state index contributed by atoms with van der Waals surface area (Å²) in [6.45, 7) is 0.826. The number of thioether (sulfide) groups is 1. The molecule has 1 aromatic heterocycles. The van der Waals surface area contributed by atoms with E-state index >= 15 is 0 Å². The Morgan fingerprint density at radius 1 is 1.33 bits per heavy atom. The number of anilines is 1. The van der Waals surface area contributed by atoms with Crippen LogP contribution in [0.2, 0.25) is 0 Å². The van der Waals surface area contributed by atoms with Gasteiger partial charge in [0, 0.05) is 18.4 Å². The molecule has 2 heterocycles. The second kappa shape index (κ2) is 8.26. The fourth-order valence-corrected chi connectivity index (χ4v) is 4.14. The van der Waals surface area contributed by atoms with Crippen molar-refractivity contribution in [3.8, 4) is 0 Å². The first-order chi connectivity index (χ1) is 13.0. The lowest BCUT2D eigenvalue weighted by molar-refractivity contribution is -0.155. The zero-order valence-corrected chi connectivity index (χ0v) is 15.2. The highest BCUT2D eigenvalue weighted by molar-refractivity contribution is 7.99. The number of esters is 1. The Labute approximate surface area is 158 Å². The van der Waals surface area contributed by atoms with Crippen molar-refractivity contribution in [2.24, 2.45) is 0 Å². The lowest BCUT2D eigenvalue weighted by Gasteiger charge is -2.25. The lowest BCUT2D eigenvalue weighted by atomic mass is 10.2. The summed E-state index contributed by atoms with van der Waals surface area (Å²) in [7, 11) is 0. The fourth-order valence-electron chi connectivity index (χ4n) is 2.72. The summed E-state index contributed by atoms with van der Waals surface area (Å²) in [4.78, 5) is 37.7. The van der Waals surface area contributed by atoms with Gasteiger partial charge in [-0.2, -0.15) is 0 Å². The third kappa shape index (κ3) is 4.48. The summed E-state index contributed by atoms with van der Waals surface area (Å²) >= 11 is 1.38. The highest BCUT2D eigenvalue weighted by atomic mass is 32.2. The molecule has 0 saturated carbocycles. The van der Waals surface area contributed by atoms with Gasteiger partial charge >= 0.3 is 5.97 Å². The second-order valence-electron chi connectivity index (χ2n) is 5.81. The quantitative estimate of drug-likeness (QED) is 0.787. The number of nitrogens with zero attached hydrogens (tertiary/aromatic N) is 1. The van der Waals surface area contributed by atoms with Gasteiger partial charge in [0.2, 0.25) is 5.91 Å². The minimum absolute atomic E-state index is 0.260. The van der Waals surface area contributed by atoms with Gasteiger partial charge < -0.3 is 19.4 Å². The van der Waals surface area contributed by atoms with E-state index in [2.05, 4.69) is 5.32 Å². The Morgan fingerprint density at radius 2 is 2.15 bits per heavy atom. The number of ether oxygens (including phenoxy) is 1. The summed E-state index contributed by atoms with van der Waals surface area (Å²) in [5, 5.41) is 2.02. The molecule has 0 unspecified atom stereocenters. The molecule has 142 valence electrons. The van der Waals surface area contributed by atoms with Crippen molar-refractivity contribution in [3.05, 3.63) is 54.2 Å². The van der Waals surface area contributed by atoms with Crippen molar-refractivity contribution < 1.29 is 27.9 Å². The Kier molecular flexibility index (Phi) is 5.80. The minimum Gasteiger partial charge on any atom is -0.466 e. The molecule has 3 rings (SSSR count). The molecule has 9 heteroatoms. The molecule has 0 bridgehead atoms. The van der Waals surface area contributed by atoms with E-state index < -0.39 is 35.7 Å². The molecular weight excluding hydrogens is 375 g/mol. The third-order valence-corrected chi connectivity index (χ3v) is 5.16. The van der Waals surface area contributed by atoms with Gasteiger partial charge in [-0.25, -0.2) is 9.18 Å². The standard InChI is InChI=1S/C18H17FN2O5S/c1-11(22)21-14(10-27-17(21)15-6-3-7-25-15)18(24)26-9-16(23)20-13-5-2-4-12(19)8-13/h2-8,14,17H,9-10H2,1H3,(H,20,23)/t14-,17+/m1/s1. The summed E-state index contributed by atoms with van der Waals surface area (Å²) in [5.74, 6) is -1.18. The number of rotatable bonds is 5. The van der Waals surface area contributed by atoms with Crippen molar-refractivity contribution in [1.82, 2.24) is 4.90 Å². The number of nitrogens with one attached hydrogen (secondary N) is 1. The number of carbonyl (C=O) groups excluding carboxylic acids is 3. The van der Waals surface area contributed by atoms with Crippen LogP contribution in [0.15, 0.2) is 47.1 Å². The number of amides is 2. The van der Waals surface area contributed by atoms with E-state index in [1.807, 2.05) is 0 Å².